The van der Waals surface area contributed by atoms with Crippen molar-refractivity contribution in [2.24, 2.45) is 17.8 Å². The summed E-state index contributed by atoms with van der Waals surface area (Å²) in [6.07, 6.45) is 9.28. The number of ether oxygens (including phenoxy) is 1. The number of benzene rings is 1. The van der Waals surface area contributed by atoms with Crippen LogP contribution in [0.4, 0.5) is 4.39 Å². The molecule has 4 aliphatic carbocycles. The van der Waals surface area contributed by atoms with Gasteiger partial charge in [-0.15, -0.1) is 0 Å². The molecule has 1 heterocycles. The van der Waals surface area contributed by atoms with E-state index in [2.05, 4.69) is 17.1 Å². The molecule has 28 heavy (non-hydrogen) atoms. The van der Waals surface area contributed by atoms with Crippen LogP contribution in [0, 0.1) is 23.6 Å². The first kappa shape index (κ1) is 17.6. The number of hydrogen-bond acceptors (Lipinski definition) is 4. The first-order valence-corrected chi connectivity index (χ1v) is 9.93. The van der Waals surface area contributed by atoms with Crippen LogP contribution in [-0.4, -0.2) is 16.1 Å². The van der Waals surface area contributed by atoms with Crippen LogP contribution in [0.5, 0.6) is 11.6 Å². The number of hydrogen-bond donors (Lipinski definition) is 2. The molecule has 2 N–H and O–H groups in total. The van der Waals surface area contributed by atoms with Crippen molar-refractivity contribution in [1.82, 2.24) is 10.5 Å². The predicted octanol–water partition coefficient (Wildman–Crippen LogP) is 4.60. The van der Waals surface area contributed by atoms with Gasteiger partial charge in [0.2, 0.25) is 0 Å². The van der Waals surface area contributed by atoms with Crippen molar-refractivity contribution < 1.29 is 19.1 Å². The zero-order chi connectivity index (χ0) is 19.3. The van der Waals surface area contributed by atoms with E-state index in [-0.39, 0.29) is 11.4 Å². The summed E-state index contributed by atoms with van der Waals surface area (Å²) in [7, 11) is 0. The number of halogens is 1. The highest BCUT2D eigenvalue weighted by Crippen LogP contribution is 2.60. The number of carbonyl (C=O) groups is 1. The van der Waals surface area contributed by atoms with E-state index >= 15 is 0 Å². The number of carbonyl (C=O) groups excluding carboxylic acids is 1. The minimum absolute atomic E-state index is 0.0792. The van der Waals surface area contributed by atoms with Gasteiger partial charge in [0.1, 0.15) is 5.75 Å². The summed E-state index contributed by atoms with van der Waals surface area (Å²) in [5, 5.41) is 8.62. The second kappa shape index (κ2) is 6.55. The van der Waals surface area contributed by atoms with Gasteiger partial charge in [-0.25, -0.2) is 14.9 Å². The van der Waals surface area contributed by atoms with Gasteiger partial charge in [-0.05, 0) is 85.5 Å². The van der Waals surface area contributed by atoms with Crippen molar-refractivity contribution in [3.05, 3.63) is 53.5 Å². The molecule has 1 amide bonds. The van der Waals surface area contributed by atoms with Crippen molar-refractivity contribution in [3.8, 4) is 11.6 Å². The van der Waals surface area contributed by atoms with Gasteiger partial charge in [-0.1, -0.05) is 12.1 Å². The molecule has 0 atom stereocenters. The van der Waals surface area contributed by atoms with Gasteiger partial charge in [0.25, 0.3) is 11.8 Å². The van der Waals surface area contributed by atoms with Crippen LogP contribution in [0.15, 0.2) is 36.5 Å². The topological polar surface area (TPSA) is 71.5 Å². The second-order valence-electron chi connectivity index (χ2n) is 8.78. The van der Waals surface area contributed by atoms with Crippen LogP contribution in [0.1, 0.15) is 54.4 Å². The number of nitrogens with zero attached hydrogens (tertiary/aromatic N) is 1. The Bertz CT molecular complexity index is 877. The lowest BCUT2D eigenvalue weighted by molar-refractivity contribution is -0.00520. The molecule has 6 heteroatoms. The fourth-order valence-corrected chi connectivity index (χ4v) is 6.14. The summed E-state index contributed by atoms with van der Waals surface area (Å²) >= 11 is 0. The number of aromatic nitrogens is 1. The number of pyridine rings is 1. The lowest BCUT2D eigenvalue weighted by Gasteiger charge is -2.57. The Kier molecular flexibility index (Phi) is 4.12. The Morgan fingerprint density at radius 3 is 2.25 bits per heavy atom. The monoisotopic (exact) mass is 382 g/mol. The normalized spacial score (nSPS) is 30.3. The van der Waals surface area contributed by atoms with Crippen LogP contribution in [0.2, 0.25) is 0 Å². The van der Waals surface area contributed by atoms with Crippen molar-refractivity contribution in [2.75, 3.05) is 0 Å². The standard InChI is InChI=1S/C22H23FN2O3/c23-19-8-16(20(26)25-27)12-24-21(19)28-18-3-1-17(2-4-18)22-9-13-5-14(10-22)7-15(6-13)11-22/h1-4,8,12-15,27H,5-7,9-11H2,(H,25,26). The fourth-order valence-electron chi connectivity index (χ4n) is 6.14. The molecule has 4 fully saturated rings. The molecular weight excluding hydrogens is 359 g/mol. The Balaban J connectivity index is 1.34. The zero-order valence-corrected chi connectivity index (χ0v) is 15.5. The van der Waals surface area contributed by atoms with Gasteiger partial charge in [0.15, 0.2) is 5.82 Å². The lowest BCUT2D eigenvalue weighted by atomic mass is 9.48. The maximum atomic E-state index is 14.2. The summed E-state index contributed by atoms with van der Waals surface area (Å²) < 4.78 is 19.7. The van der Waals surface area contributed by atoms with Crippen molar-refractivity contribution >= 4 is 5.91 Å². The third-order valence-corrected chi connectivity index (χ3v) is 6.89. The van der Waals surface area contributed by atoms with Crippen LogP contribution in [0.25, 0.3) is 0 Å². The molecule has 0 spiro atoms. The second-order valence-corrected chi connectivity index (χ2v) is 8.78. The molecule has 6 rings (SSSR count). The van der Waals surface area contributed by atoms with Crippen LogP contribution >= 0.6 is 0 Å². The summed E-state index contributed by atoms with van der Waals surface area (Å²) in [5.74, 6) is 1.39. The van der Waals surface area contributed by atoms with E-state index in [0.717, 1.165) is 30.0 Å². The Morgan fingerprint density at radius 2 is 1.71 bits per heavy atom. The molecule has 5 nitrogen and oxygen atoms in total. The van der Waals surface area contributed by atoms with Crippen LogP contribution in [0.3, 0.4) is 0 Å². The molecule has 0 aliphatic heterocycles. The van der Waals surface area contributed by atoms with Crippen LogP contribution in [-0.2, 0) is 5.41 Å². The molecule has 2 aromatic rings. The highest BCUT2D eigenvalue weighted by atomic mass is 19.1. The van der Waals surface area contributed by atoms with E-state index in [1.165, 1.54) is 49.6 Å². The molecule has 0 radical (unpaired) electrons. The quantitative estimate of drug-likeness (QED) is 0.599. The molecule has 146 valence electrons. The largest absolute Gasteiger partial charge is 0.436 e. The van der Waals surface area contributed by atoms with E-state index in [4.69, 9.17) is 9.94 Å². The van der Waals surface area contributed by atoms with Gasteiger partial charge in [-0.3, -0.25) is 10.0 Å². The minimum Gasteiger partial charge on any atom is -0.436 e. The van der Waals surface area contributed by atoms with Gasteiger partial charge < -0.3 is 4.74 Å². The molecule has 4 bridgehead atoms. The molecular formula is C22H23FN2O3. The number of hydroxylamine groups is 1. The van der Waals surface area contributed by atoms with E-state index in [0.29, 0.717) is 11.2 Å². The smallest absolute Gasteiger partial charge is 0.276 e. The van der Waals surface area contributed by atoms with Gasteiger partial charge in [0, 0.05) is 6.20 Å². The van der Waals surface area contributed by atoms with Crippen molar-refractivity contribution in [1.29, 1.82) is 0 Å². The van der Waals surface area contributed by atoms with E-state index in [9.17, 15) is 9.18 Å². The van der Waals surface area contributed by atoms with E-state index in [1.54, 1.807) is 0 Å². The van der Waals surface area contributed by atoms with E-state index < -0.39 is 11.7 Å². The average molecular weight is 382 g/mol. The van der Waals surface area contributed by atoms with Gasteiger partial charge >= 0.3 is 0 Å². The number of nitrogens with one attached hydrogen (secondary N) is 1. The third kappa shape index (κ3) is 2.96. The van der Waals surface area contributed by atoms with Crippen LogP contribution < -0.4 is 10.2 Å². The zero-order valence-electron chi connectivity index (χ0n) is 15.5. The summed E-state index contributed by atoms with van der Waals surface area (Å²) in [4.78, 5) is 15.2. The summed E-state index contributed by atoms with van der Waals surface area (Å²) in [6, 6.07) is 8.98. The lowest BCUT2D eigenvalue weighted by Crippen LogP contribution is -2.48. The van der Waals surface area contributed by atoms with Gasteiger partial charge in [0.05, 0.1) is 5.56 Å². The minimum atomic E-state index is -0.821. The fraction of sp³-hybridized carbons (Fsp3) is 0.455. The highest BCUT2D eigenvalue weighted by molar-refractivity contribution is 5.93. The Labute approximate surface area is 162 Å². The summed E-state index contributed by atoms with van der Waals surface area (Å²) in [5.41, 5.74) is 3.07. The first-order chi connectivity index (χ1) is 13.5. The molecule has 4 aliphatic rings. The first-order valence-electron chi connectivity index (χ1n) is 9.93. The Hall–Kier alpha value is -2.47. The number of amides is 1. The highest BCUT2D eigenvalue weighted by Gasteiger charge is 2.51. The SMILES string of the molecule is O=C(NO)c1cnc(Oc2ccc(C34CC5CC(CC(C5)C3)C4)cc2)c(F)c1. The van der Waals surface area contributed by atoms with E-state index in [1.807, 2.05) is 12.1 Å². The summed E-state index contributed by atoms with van der Waals surface area (Å²) in [6.45, 7) is 0. The maximum absolute atomic E-state index is 14.2. The van der Waals surface area contributed by atoms with Crippen molar-refractivity contribution in [2.45, 2.75) is 43.9 Å². The average Bonchev–Trinajstić information content (AvgIpc) is 2.68. The molecule has 4 saturated carbocycles. The molecule has 1 aromatic carbocycles. The van der Waals surface area contributed by atoms with Crippen molar-refractivity contribution in [3.63, 3.8) is 0 Å². The molecule has 1 aromatic heterocycles. The third-order valence-electron chi connectivity index (χ3n) is 6.89. The van der Waals surface area contributed by atoms with Gasteiger partial charge in [-0.2, -0.15) is 0 Å². The number of rotatable bonds is 4. The molecule has 0 saturated heterocycles. The predicted molar refractivity (Wildman–Crippen MR) is 99.8 cm³/mol. The molecule has 0 unspecified atom stereocenters. The maximum Gasteiger partial charge on any atom is 0.276 e. The Morgan fingerprint density at radius 1 is 1.11 bits per heavy atom.